The second kappa shape index (κ2) is 6.12. The van der Waals surface area contributed by atoms with Crippen LogP contribution in [0.15, 0.2) is 5.38 Å². The van der Waals surface area contributed by atoms with E-state index in [0.29, 0.717) is 13.0 Å². The van der Waals surface area contributed by atoms with Gasteiger partial charge in [0.1, 0.15) is 0 Å². The van der Waals surface area contributed by atoms with Crippen LogP contribution in [0.25, 0.3) is 0 Å². The van der Waals surface area contributed by atoms with Gasteiger partial charge in [-0.2, -0.15) is 0 Å². The molecule has 1 aromatic heterocycles. The number of carbonyl (C=O) groups is 1. The predicted octanol–water partition coefficient (Wildman–Crippen LogP) is 1.63. The number of hydrogen-bond acceptors (Lipinski definition) is 4. The van der Waals surface area contributed by atoms with Crippen molar-refractivity contribution in [2.24, 2.45) is 5.73 Å². The Morgan fingerprint density at radius 3 is 2.88 bits per heavy atom. The Hall–Kier alpha value is -0.940. The van der Waals surface area contributed by atoms with Gasteiger partial charge in [-0.1, -0.05) is 13.3 Å². The van der Waals surface area contributed by atoms with Crippen molar-refractivity contribution in [3.05, 3.63) is 16.1 Å². The number of aromatic nitrogens is 1. The molecule has 0 radical (unpaired) electrons. The molecule has 1 atom stereocenters. The van der Waals surface area contributed by atoms with Gasteiger partial charge in [-0.25, -0.2) is 4.98 Å². The third-order valence-corrected chi connectivity index (χ3v) is 3.61. The molecule has 0 fully saturated rings. The van der Waals surface area contributed by atoms with E-state index in [1.54, 1.807) is 18.3 Å². The molecule has 0 aliphatic carbocycles. The lowest BCUT2D eigenvalue weighted by Crippen LogP contribution is -2.51. The van der Waals surface area contributed by atoms with Crippen LogP contribution in [0.1, 0.15) is 37.4 Å². The van der Waals surface area contributed by atoms with Crippen LogP contribution in [-0.4, -0.2) is 23.0 Å². The number of amides is 1. The van der Waals surface area contributed by atoms with E-state index in [9.17, 15) is 4.79 Å². The maximum Gasteiger partial charge on any atom is 0.239 e. The summed E-state index contributed by atoms with van der Waals surface area (Å²) in [6.07, 6.45) is 2.38. The molecule has 96 valence electrons. The molecular formula is C12H21N3OS. The number of aryl methyl sites for hydroxylation is 1. The average Bonchev–Trinajstić information content (AvgIpc) is 2.64. The molecule has 0 aromatic carbocycles. The first-order valence-electron chi connectivity index (χ1n) is 5.94. The van der Waals surface area contributed by atoms with Crippen molar-refractivity contribution in [2.45, 2.75) is 45.6 Å². The second-order valence-corrected chi connectivity index (χ2v) is 5.50. The highest BCUT2D eigenvalue weighted by molar-refractivity contribution is 7.09. The maximum absolute atomic E-state index is 11.8. The Labute approximate surface area is 107 Å². The highest BCUT2D eigenvalue weighted by atomic mass is 32.1. The quantitative estimate of drug-likeness (QED) is 0.812. The van der Waals surface area contributed by atoms with Gasteiger partial charge >= 0.3 is 0 Å². The minimum atomic E-state index is -0.756. The minimum absolute atomic E-state index is 0.0763. The third-order valence-electron chi connectivity index (χ3n) is 2.58. The number of nitrogens with two attached hydrogens (primary N) is 1. The fraction of sp³-hybridized carbons (Fsp3) is 0.667. The van der Waals surface area contributed by atoms with Crippen LogP contribution in [0.5, 0.6) is 0 Å². The molecule has 1 aromatic rings. The summed E-state index contributed by atoms with van der Waals surface area (Å²) in [5, 5.41) is 5.94. The minimum Gasteiger partial charge on any atom is -0.354 e. The zero-order chi connectivity index (χ0) is 12.9. The largest absolute Gasteiger partial charge is 0.354 e. The van der Waals surface area contributed by atoms with Crippen molar-refractivity contribution in [1.29, 1.82) is 0 Å². The first-order valence-corrected chi connectivity index (χ1v) is 6.82. The molecule has 5 heteroatoms. The molecular weight excluding hydrogens is 234 g/mol. The van der Waals surface area contributed by atoms with Crippen molar-refractivity contribution < 1.29 is 4.79 Å². The van der Waals surface area contributed by atoms with Crippen LogP contribution < -0.4 is 11.1 Å². The van der Waals surface area contributed by atoms with Gasteiger partial charge in [0, 0.05) is 24.0 Å². The summed E-state index contributed by atoms with van der Waals surface area (Å²) in [5.74, 6) is -0.0763. The molecule has 0 saturated carbocycles. The standard InChI is InChI=1S/C12H21N3OS/c1-4-6-12(3,13)11(16)14-7-5-10-15-9(2)8-17-10/h8H,4-7,13H2,1-3H3,(H,14,16). The molecule has 0 spiro atoms. The van der Waals surface area contributed by atoms with Crippen LogP contribution in [0.3, 0.4) is 0 Å². The molecule has 4 nitrogen and oxygen atoms in total. The van der Waals surface area contributed by atoms with E-state index < -0.39 is 5.54 Å². The van der Waals surface area contributed by atoms with E-state index in [1.165, 1.54) is 0 Å². The van der Waals surface area contributed by atoms with Crippen LogP contribution in [0.2, 0.25) is 0 Å². The fourth-order valence-electron chi connectivity index (χ4n) is 1.64. The van der Waals surface area contributed by atoms with Gasteiger partial charge in [0.05, 0.1) is 10.5 Å². The molecule has 1 amide bonds. The molecule has 0 aliphatic rings. The number of carbonyl (C=O) groups excluding carboxylic acids is 1. The number of rotatable bonds is 6. The molecule has 17 heavy (non-hydrogen) atoms. The van der Waals surface area contributed by atoms with Gasteiger partial charge in [-0.05, 0) is 20.3 Å². The van der Waals surface area contributed by atoms with Gasteiger partial charge in [0.25, 0.3) is 0 Å². The first kappa shape index (κ1) is 14.1. The highest BCUT2D eigenvalue weighted by Gasteiger charge is 2.26. The van der Waals surface area contributed by atoms with Crippen LogP contribution in [0, 0.1) is 6.92 Å². The van der Waals surface area contributed by atoms with Crippen LogP contribution in [-0.2, 0) is 11.2 Å². The smallest absolute Gasteiger partial charge is 0.239 e. The summed E-state index contributed by atoms with van der Waals surface area (Å²) in [4.78, 5) is 16.1. The van der Waals surface area contributed by atoms with Crippen LogP contribution >= 0.6 is 11.3 Å². The average molecular weight is 255 g/mol. The SMILES string of the molecule is CCCC(C)(N)C(=O)NCCc1nc(C)cs1. The zero-order valence-electron chi connectivity index (χ0n) is 10.7. The first-order chi connectivity index (χ1) is 7.95. The normalized spacial score (nSPS) is 14.4. The van der Waals surface area contributed by atoms with Crippen molar-refractivity contribution in [3.8, 4) is 0 Å². The van der Waals surface area contributed by atoms with Gasteiger partial charge in [0.2, 0.25) is 5.91 Å². The maximum atomic E-state index is 11.8. The van der Waals surface area contributed by atoms with Crippen molar-refractivity contribution in [3.63, 3.8) is 0 Å². The summed E-state index contributed by atoms with van der Waals surface area (Å²) >= 11 is 1.63. The summed E-state index contributed by atoms with van der Waals surface area (Å²) in [6.45, 7) is 6.37. The van der Waals surface area contributed by atoms with E-state index in [4.69, 9.17) is 5.73 Å². The Balaban J connectivity index is 2.33. The predicted molar refractivity (Wildman–Crippen MR) is 71.1 cm³/mol. The second-order valence-electron chi connectivity index (χ2n) is 4.56. The van der Waals surface area contributed by atoms with Gasteiger partial charge in [-0.3, -0.25) is 4.79 Å². The molecule has 0 bridgehead atoms. The lowest BCUT2D eigenvalue weighted by atomic mass is 9.96. The van der Waals surface area contributed by atoms with Gasteiger partial charge in [-0.15, -0.1) is 11.3 Å². The Morgan fingerprint density at radius 2 is 2.35 bits per heavy atom. The molecule has 1 heterocycles. The topological polar surface area (TPSA) is 68.0 Å². The van der Waals surface area contributed by atoms with Crippen molar-refractivity contribution in [1.82, 2.24) is 10.3 Å². The molecule has 1 unspecified atom stereocenters. The lowest BCUT2D eigenvalue weighted by molar-refractivity contribution is -0.126. The Kier molecular flexibility index (Phi) is 5.08. The van der Waals surface area contributed by atoms with E-state index >= 15 is 0 Å². The Morgan fingerprint density at radius 1 is 1.65 bits per heavy atom. The van der Waals surface area contributed by atoms with Crippen molar-refractivity contribution >= 4 is 17.2 Å². The summed E-state index contributed by atoms with van der Waals surface area (Å²) in [7, 11) is 0. The zero-order valence-corrected chi connectivity index (χ0v) is 11.6. The van der Waals surface area contributed by atoms with Gasteiger partial charge in [0.15, 0.2) is 0 Å². The lowest BCUT2D eigenvalue weighted by Gasteiger charge is -2.22. The monoisotopic (exact) mass is 255 g/mol. The third kappa shape index (κ3) is 4.44. The number of nitrogens with zero attached hydrogens (tertiary/aromatic N) is 1. The number of nitrogens with one attached hydrogen (secondary N) is 1. The Bertz CT molecular complexity index is 374. The molecule has 0 aliphatic heterocycles. The van der Waals surface area contributed by atoms with E-state index in [-0.39, 0.29) is 5.91 Å². The molecule has 1 rings (SSSR count). The van der Waals surface area contributed by atoms with Crippen LogP contribution in [0.4, 0.5) is 0 Å². The number of hydrogen-bond donors (Lipinski definition) is 2. The number of thiazole rings is 1. The molecule has 3 N–H and O–H groups in total. The highest BCUT2D eigenvalue weighted by Crippen LogP contribution is 2.10. The van der Waals surface area contributed by atoms with E-state index in [0.717, 1.165) is 23.5 Å². The van der Waals surface area contributed by atoms with Gasteiger partial charge < -0.3 is 11.1 Å². The summed E-state index contributed by atoms with van der Waals surface area (Å²) in [6, 6.07) is 0. The van der Waals surface area contributed by atoms with Crippen molar-refractivity contribution in [2.75, 3.05) is 6.54 Å². The van der Waals surface area contributed by atoms with E-state index in [2.05, 4.69) is 10.3 Å². The fourth-order valence-corrected chi connectivity index (χ4v) is 2.41. The summed E-state index contributed by atoms with van der Waals surface area (Å²) < 4.78 is 0. The van der Waals surface area contributed by atoms with E-state index in [1.807, 2.05) is 19.2 Å². The molecule has 0 saturated heterocycles. The summed E-state index contributed by atoms with van der Waals surface area (Å²) in [5.41, 5.74) is 6.21.